The van der Waals surface area contributed by atoms with E-state index in [4.69, 9.17) is 4.74 Å². The summed E-state index contributed by atoms with van der Waals surface area (Å²) < 4.78 is 5.68. The predicted molar refractivity (Wildman–Crippen MR) is 83.1 cm³/mol. The highest BCUT2D eigenvalue weighted by Crippen LogP contribution is 2.30. The summed E-state index contributed by atoms with van der Waals surface area (Å²) in [6.07, 6.45) is 2.25. The first-order valence-electron chi connectivity index (χ1n) is 7.42. The van der Waals surface area contributed by atoms with Crippen molar-refractivity contribution in [1.82, 2.24) is 5.32 Å². The van der Waals surface area contributed by atoms with Crippen LogP contribution >= 0.6 is 0 Å². The highest BCUT2D eigenvalue weighted by molar-refractivity contribution is 5.66. The molecule has 0 radical (unpaired) electrons. The highest BCUT2D eigenvalue weighted by Gasteiger charge is 2.11. The first kappa shape index (κ1) is 13.2. The third kappa shape index (κ3) is 2.86. The molecule has 1 aliphatic rings. The van der Waals surface area contributed by atoms with Gasteiger partial charge in [-0.1, -0.05) is 31.2 Å². The molecule has 1 heterocycles. The van der Waals surface area contributed by atoms with Gasteiger partial charge in [-0.15, -0.1) is 0 Å². The molecule has 2 aromatic carbocycles. The molecule has 0 unspecified atom stereocenters. The Labute approximate surface area is 120 Å². The van der Waals surface area contributed by atoms with Crippen LogP contribution in [0.1, 0.15) is 24.5 Å². The van der Waals surface area contributed by atoms with Gasteiger partial charge < -0.3 is 10.1 Å². The summed E-state index contributed by atoms with van der Waals surface area (Å²) in [5, 5.41) is 3.37. The Balaban J connectivity index is 1.88. The van der Waals surface area contributed by atoms with E-state index in [1.54, 1.807) is 0 Å². The Kier molecular flexibility index (Phi) is 4.03. The van der Waals surface area contributed by atoms with Crippen molar-refractivity contribution in [2.75, 3.05) is 13.2 Å². The summed E-state index contributed by atoms with van der Waals surface area (Å²) in [6, 6.07) is 15.3. The predicted octanol–water partition coefficient (Wildman–Crippen LogP) is 3.79. The van der Waals surface area contributed by atoms with E-state index in [0.717, 1.165) is 38.3 Å². The van der Waals surface area contributed by atoms with E-state index in [1.165, 1.54) is 22.3 Å². The van der Waals surface area contributed by atoms with Gasteiger partial charge >= 0.3 is 0 Å². The lowest BCUT2D eigenvalue weighted by atomic mass is 9.98. The Hall–Kier alpha value is -1.80. The molecule has 104 valence electrons. The number of fused-ring (bicyclic) bond motifs is 1. The summed E-state index contributed by atoms with van der Waals surface area (Å²) >= 11 is 0. The molecular weight excluding hydrogens is 246 g/mol. The van der Waals surface area contributed by atoms with Crippen LogP contribution in [0.2, 0.25) is 0 Å². The first-order chi connectivity index (χ1) is 9.86. The van der Waals surface area contributed by atoms with Crippen molar-refractivity contribution >= 4 is 0 Å². The Bertz CT molecular complexity index is 592. The van der Waals surface area contributed by atoms with Gasteiger partial charge in [-0.3, -0.25) is 0 Å². The SMILES string of the molecule is CCNCc1cccc(-c2ccc3c(c2)CCCO3)c1. The van der Waals surface area contributed by atoms with E-state index in [-0.39, 0.29) is 0 Å². The molecule has 2 nitrogen and oxygen atoms in total. The van der Waals surface area contributed by atoms with Crippen LogP contribution < -0.4 is 10.1 Å². The Morgan fingerprint density at radius 1 is 1.10 bits per heavy atom. The molecule has 20 heavy (non-hydrogen) atoms. The van der Waals surface area contributed by atoms with Crippen molar-refractivity contribution in [1.29, 1.82) is 0 Å². The van der Waals surface area contributed by atoms with Crippen LogP contribution in [0.3, 0.4) is 0 Å². The lowest BCUT2D eigenvalue weighted by molar-refractivity contribution is 0.288. The van der Waals surface area contributed by atoms with Crippen LogP contribution in [0.4, 0.5) is 0 Å². The normalized spacial score (nSPS) is 13.7. The number of nitrogens with one attached hydrogen (secondary N) is 1. The minimum Gasteiger partial charge on any atom is -0.493 e. The largest absolute Gasteiger partial charge is 0.493 e. The monoisotopic (exact) mass is 267 g/mol. The zero-order valence-corrected chi connectivity index (χ0v) is 12.0. The molecule has 1 N–H and O–H groups in total. The Morgan fingerprint density at radius 2 is 2.00 bits per heavy atom. The number of hydrogen-bond donors (Lipinski definition) is 1. The maximum atomic E-state index is 5.68. The summed E-state index contributed by atoms with van der Waals surface area (Å²) in [5.74, 6) is 1.06. The third-order valence-electron chi connectivity index (χ3n) is 3.75. The van der Waals surface area contributed by atoms with E-state index >= 15 is 0 Å². The fourth-order valence-electron chi connectivity index (χ4n) is 2.67. The number of ether oxygens (including phenoxy) is 1. The maximum Gasteiger partial charge on any atom is 0.122 e. The van der Waals surface area contributed by atoms with E-state index in [2.05, 4.69) is 54.7 Å². The van der Waals surface area contributed by atoms with Crippen LogP contribution in [0.25, 0.3) is 11.1 Å². The topological polar surface area (TPSA) is 21.3 Å². The number of benzene rings is 2. The molecule has 2 aromatic rings. The summed E-state index contributed by atoms with van der Waals surface area (Å²) in [7, 11) is 0. The van der Waals surface area contributed by atoms with Gasteiger partial charge in [0.2, 0.25) is 0 Å². The molecule has 2 heteroatoms. The molecule has 3 rings (SSSR count). The van der Waals surface area contributed by atoms with E-state index in [9.17, 15) is 0 Å². The smallest absolute Gasteiger partial charge is 0.122 e. The van der Waals surface area contributed by atoms with Crippen LogP contribution in [0.15, 0.2) is 42.5 Å². The van der Waals surface area contributed by atoms with Gasteiger partial charge in [0.1, 0.15) is 5.75 Å². The molecule has 0 saturated carbocycles. The molecular formula is C18H21NO. The summed E-state index contributed by atoms with van der Waals surface area (Å²) in [6.45, 7) is 4.91. The third-order valence-corrected chi connectivity index (χ3v) is 3.75. The number of rotatable bonds is 4. The van der Waals surface area contributed by atoms with Crippen LogP contribution in [0, 0.1) is 0 Å². The summed E-state index contributed by atoms with van der Waals surface area (Å²) in [4.78, 5) is 0. The van der Waals surface area contributed by atoms with Crippen LogP contribution in [-0.2, 0) is 13.0 Å². The molecule has 0 aliphatic carbocycles. The first-order valence-corrected chi connectivity index (χ1v) is 7.42. The average molecular weight is 267 g/mol. The van der Waals surface area contributed by atoms with E-state index < -0.39 is 0 Å². The van der Waals surface area contributed by atoms with Crippen LogP contribution in [-0.4, -0.2) is 13.2 Å². The van der Waals surface area contributed by atoms with Gasteiger partial charge in [0.15, 0.2) is 0 Å². The van der Waals surface area contributed by atoms with E-state index in [0.29, 0.717) is 0 Å². The molecule has 0 fully saturated rings. The van der Waals surface area contributed by atoms with Gasteiger partial charge in [-0.05, 0) is 59.8 Å². The van der Waals surface area contributed by atoms with Crippen molar-refractivity contribution in [2.24, 2.45) is 0 Å². The van der Waals surface area contributed by atoms with Crippen molar-refractivity contribution < 1.29 is 4.74 Å². The average Bonchev–Trinajstić information content (AvgIpc) is 2.53. The van der Waals surface area contributed by atoms with Gasteiger partial charge in [0.25, 0.3) is 0 Å². The fourth-order valence-corrected chi connectivity index (χ4v) is 2.67. The lowest BCUT2D eigenvalue weighted by Gasteiger charge is -2.18. The molecule has 0 aromatic heterocycles. The lowest BCUT2D eigenvalue weighted by Crippen LogP contribution is -2.11. The zero-order chi connectivity index (χ0) is 13.8. The minimum atomic E-state index is 0.852. The molecule has 0 saturated heterocycles. The molecule has 1 aliphatic heterocycles. The molecule has 0 atom stereocenters. The van der Waals surface area contributed by atoms with Crippen molar-refractivity contribution in [2.45, 2.75) is 26.3 Å². The zero-order valence-electron chi connectivity index (χ0n) is 12.0. The van der Waals surface area contributed by atoms with Crippen molar-refractivity contribution in [3.8, 4) is 16.9 Å². The summed E-state index contributed by atoms with van der Waals surface area (Å²) in [5.41, 5.74) is 5.24. The van der Waals surface area contributed by atoms with Gasteiger partial charge in [-0.2, -0.15) is 0 Å². The standard InChI is InChI=1S/C18H21NO/c1-2-19-13-14-5-3-6-15(11-14)16-8-9-18-17(12-16)7-4-10-20-18/h3,5-6,8-9,11-12,19H,2,4,7,10,13H2,1H3. The fraction of sp³-hybridized carbons (Fsp3) is 0.333. The molecule has 0 spiro atoms. The second kappa shape index (κ2) is 6.10. The molecule has 0 bridgehead atoms. The second-order valence-corrected chi connectivity index (χ2v) is 5.26. The molecule has 0 amide bonds. The van der Waals surface area contributed by atoms with E-state index in [1.807, 2.05) is 0 Å². The quantitative estimate of drug-likeness (QED) is 0.910. The minimum absolute atomic E-state index is 0.852. The van der Waals surface area contributed by atoms with Gasteiger partial charge in [0.05, 0.1) is 6.61 Å². The second-order valence-electron chi connectivity index (χ2n) is 5.26. The number of hydrogen-bond acceptors (Lipinski definition) is 2. The van der Waals surface area contributed by atoms with Crippen molar-refractivity contribution in [3.05, 3.63) is 53.6 Å². The Morgan fingerprint density at radius 3 is 2.90 bits per heavy atom. The van der Waals surface area contributed by atoms with Crippen molar-refractivity contribution in [3.63, 3.8) is 0 Å². The number of aryl methyl sites for hydroxylation is 1. The van der Waals surface area contributed by atoms with Gasteiger partial charge in [-0.25, -0.2) is 0 Å². The van der Waals surface area contributed by atoms with Gasteiger partial charge in [0, 0.05) is 6.54 Å². The van der Waals surface area contributed by atoms with Crippen LogP contribution in [0.5, 0.6) is 5.75 Å². The maximum absolute atomic E-state index is 5.68. The highest BCUT2D eigenvalue weighted by atomic mass is 16.5.